The third-order valence-corrected chi connectivity index (χ3v) is 7.50. The van der Waals surface area contributed by atoms with Gasteiger partial charge in [0.1, 0.15) is 27.2 Å². The topological polar surface area (TPSA) is 47.3 Å². The van der Waals surface area contributed by atoms with Crippen LogP contribution in [-0.4, -0.2) is 21.8 Å². The van der Waals surface area contributed by atoms with E-state index in [4.69, 9.17) is 27.9 Å². The molecule has 0 aliphatic carbocycles. The van der Waals surface area contributed by atoms with E-state index in [1.165, 1.54) is 37.1 Å². The molecule has 0 aliphatic heterocycles. The molecule has 0 radical (unpaired) electrons. The minimum Gasteiger partial charge on any atom is -0.495 e. The van der Waals surface area contributed by atoms with Crippen molar-refractivity contribution >= 4 is 57.6 Å². The van der Waals surface area contributed by atoms with Crippen LogP contribution < -0.4 is 4.74 Å². The summed E-state index contributed by atoms with van der Waals surface area (Å²) in [4.78, 5) is 4.63. The van der Waals surface area contributed by atoms with E-state index in [0.29, 0.717) is 47.2 Å². The molecular weight excluding hydrogens is 616 g/mol. The van der Waals surface area contributed by atoms with Crippen molar-refractivity contribution in [1.82, 2.24) is 9.55 Å². The summed E-state index contributed by atoms with van der Waals surface area (Å²) in [7, 11) is 1.49. The number of aliphatic hydroxyl groups excluding tert-OH is 1. The average Bonchev–Trinajstić information content (AvgIpc) is 3.15. The number of aromatic nitrogens is 2. The van der Waals surface area contributed by atoms with Crippen molar-refractivity contribution in [3.8, 4) is 11.4 Å². The highest BCUT2D eigenvalue weighted by atomic mass is 127. The summed E-state index contributed by atoms with van der Waals surface area (Å²) in [5, 5.41) is 12.6. The molecule has 176 valence electrons. The Morgan fingerprint density at radius 3 is 2.50 bits per heavy atom. The minimum absolute atomic E-state index is 0.212. The average molecular weight is 633 g/mol. The van der Waals surface area contributed by atoms with E-state index in [-0.39, 0.29) is 5.75 Å². The highest BCUT2D eigenvalue weighted by Crippen LogP contribution is 2.37. The monoisotopic (exact) mass is 632 g/mol. The van der Waals surface area contributed by atoms with Gasteiger partial charge in [-0.15, -0.1) is 0 Å². The van der Waals surface area contributed by atoms with Crippen LogP contribution in [0.5, 0.6) is 5.75 Å². The quantitative estimate of drug-likeness (QED) is 0.170. The Labute approximate surface area is 223 Å². The minimum atomic E-state index is -1.10. The second-order valence-corrected chi connectivity index (χ2v) is 9.95. The van der Waals surface area contributed by atoms with Gasteiger partial charge in [-0.1, -0.05) is 47.1 Å². The first-order valence-electron chi connectivity index (χ1n) is 9.91. The molecule has 1 unspecified atom stereocenters. The van der Waals surface area contributed by atoms with Crippen molar-refractivity contribution in [3.05, 3.63) is 103 Å². The van der Waals surface area contributed by atoms with E-state index < -0.39 is 17.7 Å². The van der Waals surface area contributed by atoms with Crippen molar-refractivity contribution in [2.24, 2.45) is 0 Å². The first-order chi connectivity index (χ1) is 16.3. The first-order valence-corrected chi connectivity index (χ1v) is 12.7. The van der Waals surface area contributed by atoms with Crippen molar-refractivity contribution < 1.29 is 18.6 Å². The van der Waals surface area contributed by atoms with E-state index in [2.05, 4.69) is 4.98 Å². The fourth-order valence-electron chi connectivity index (χ4n) is 3.37. The van der Waals surface area contributed by atoms with Gasteiger partial charge in [-0.2, -0.15) is 0 Å². The number of rotatable bonds is 7. The van der Waals surface area contributed by atoms with Gasteiger partial charge in [0.2, 0.25) is 0 Å². The summed E-state index contributed by atoms with van der Waals surface area (Å²) in [6.07, 6.45) is -1.10. The zero-order chi connectivity index (χ0) is 24.4. The predicted octanol–water partition coefficient (Wildman–Crippen LogP) is 7.44. The maximum atomic E-state index is 14.3. The van der Waals surface area contributed by atoms with Gasteiger partial charge in [0, 0.05) is 22.0 Å². The van der Waals surface area contributed by atoms with Crippen molar-refractivity contribution in [2.75, 3.05) is 7.11 Å². The molecule has 4 rings (SSSR count). The Kier molecular flexibility index (Phi) is 8.04. The predicted molar refractivity (Wildman–Crippen MR) is 139 cm³/mol. The van der Waals surface area contributed by atoms with Crippen molar-refractivity contribution in [2.45, 2.75) is 17.0 Å². The molecule has 0 fully saturated rings. The molecule has 0 saturated heterocycles. The molecule has 1 atom stereocenters. The molecule has 0 amide bonds. The highest BCUT2D eigenvalue weighted by molar-refractivity contribution is 14.1. The summed E-state index contributed by atoms with van der Waals surface area (Å²) in [6.45, 7) is 0. The molecule has 0 bridgehead atoms. The summed E-state index contributed by atoms with van der Waals surface area (Å²) in [6, 6.07) is 15.3. The zero-order valence-corrected chi connectivity index (χ0v) is 22.1. The maximum absolute atomic E-state index is 14.3. The lowest BCUT2D eigenvalue weighted by atomic mass is 10.1. The van der Waals surface area contributed by atoms with Crippen LogP contribution in [0.3, 0.4) is 0 Å². The molecule has 1 N–H and O–H groups in total. The number of nitrogens with zero attached hydrogens (tertiary/aromatic N) is 2. The SMILES string of the molecule is COc1cc(C(O)c2c(I)nc(SCc3c(F)cccc3Cl)n2-c2ccc(F)cc2)ccc1Cl. The van der Waals surface area contributed by atoms with Gasteiger partial charge >= 0.3 is 0 Å². The van der Waals surface area contributed by atoms with Crippen LogP contribution in [0, 0.1) is 15.3 Å². The molecule has 34 heavy (non-hydrogen) atoms. The lowest BCUT2D eigenvalue weighted by Crippen LogP contribution is -2.10. The summed E-state index contributed by atoms with van der Waals surface area (Å²) in [5.74, 6) is -0.173. The number of aliphatic hydroxyl groups is 1. The smallest absolute Gasteiger partial charge is 0.174 e. The second-order valence-electron chi connectivity index (χ2n) is 7.17. The Hall–Kier alpha value is -1.85. The number of halogens is 5. The first kappa shape index (κ1) is 25.2. The molecule has 0 spiro atoms. The van der Waals surface area contributed by atoms with Gasteiger partial charge in [0.15, 0.2) is 5.16 Å². The fraction of sp³-hybridized carbons (Fsp3) is 0.125. The molecule has 1 heterocycles. The maximum Gasteiger partial charge on any atom is 0.174 e. The second kappa shape index (κ2) is 10.8. The molecule has 0 saturated carbocycles. The Bertz CT molecular complexity index is 1320. The van der Waals surface area contributed by atoms with E-state index in [0.717, 1.165) is 0 Å². The van der Waals surface area contributed by atoms with E-state index in [1.54, 1.807) is 47.0 Å². The van der Waals surface area contributed by atoms with E-state index in [1.807, 2.05) is 22.6 Å². The van der Waals surface area contributed by atoms with Crippen LogP contribution in [0.2, 0.25) is 10.0 Å². The van der Waals surface area contributed by atoms with E-state index in [9.17, 15) is 13.9 Å². The number of imidazole rings is 1. The normalized spacial score (nSPS) is 12.1. The van der Waals surface area contributed by atoms with Crippen molar-refractivity contribution in [3.63, 3.8) is 0 Å². The lowest BCUT2D eigenvalue weighted by molar-refractivity contribution is 0.211. The standard InChI is InChI=1S/C24H17Cl2F2IN2O2S/c1-33-20-11-13(5-10-18(20)26)22(32)21-23(29)30-24(31(21)15-8-6-14(27)7-9-15)34-12-16-17(25)3-2-4-19(16)28/h2-11,22,32H,12H2,1H3. The summed E-state index contributed by atoms with van der Waals surface area (Å²) >= 11 is 15.6. The third-order valence-electron chi connectivity index (χ3n) is 5.08. The van der Waals surface area contributed by atoms with Gasteiger partial charge in [-0.25, -0.2) is 13.8 Å². The molecule has 0 aliphatic rings. The molecule has 3 aromatic carbocycles. The van der Waals surface area contributed by atoms with Crippen LogP contribution in [-0.2, 0) is 5.75 Å². The van der Waals surface area contributed by atoms with Gasteiger partial charge in [-0.05, 0) is 76.7 Å². The number of ether oxygens (including phenoxy) is 1. The van der Waals surface area contributed by atoms with Gasteiger partial charge in [0.05, 0.1) is 17.8 Å². The number of methoxy groups -OCH3 is 1. The Balaban J connectivity index is 1.80. The van der Waals surface area contributed by atoms with Gasteiger partial charge in [-0.3, -0.25) is 4.57 Å². The molecule has 1 aromatic heterocycles. The molecular formula is C24H17Cl2F2IN2O2S. The summed E-state index contributed by atoms with van der Waals surface area (Å²) < 4.78 is 35.5. The highest BCUT2D eigenvalue weighted by Gasteiger charge is 2.26. The number of hydrogen-bond acceptors (Lipinski definition) is 4. The van der Waals surface area contributed by atoms with Crippen LogP contribution in [0.25, 0.3) is 5.69 Å². The summed E-state index contributed by atoms with van der Waals surface area (Å²) in [5.41, 5.74) is 1.95. The molecule has 4 nitrogen and oxygen atoms in total. The van der Waals surface area contributed by atoms with Crippen LogP contribution >= 0.6 is 57.6 Å². The lowest BCUT2D eigenvalue weighted by Gasteiger charge is -2.18. The van der Waals surface area contributed by atoms with Gasteiger partial charge in [0.25, 0.3) is 0 Å². The van der Waals surface area contributed by atoms with Crippen molar-refractivity contribution in [1.29, 1.82) is 0 Å². The third kappa shape index (κ3) is 5.21. The Morgan fingerprint density at radius 1 is 1.09 bits per heavy atom. The fourth-order valence-corrected chi connectivity index (χ4v) is 5.86. The van der Waals surface area contributed by atoms with Crippen LogP contribution in [0.4, 0.5) is 8.78 Å². The molecule has 4 aromatic rings. The molecule has 10 heteroatoms. The zero-order valence-electron chi connectivity index (χ0n) is 17.6. The number of hydrogen-bond donors (Lipinski definition) is 1. The van der Waals surface area contributed by atoms with Gasteiger partial charge < -0.3 is 9.84 Å². The Morgan fingerprint density at radius 2 is 1.82 bits per heavy atom. The largest absolute Gasteiger partial charge is 0.495 e. The van der Waals surface area contributed by atoms with Crippen LogP contribution in [0.1, 0.15) is 22.9 Å². The van der Waals surface area contributed by atoms with E-state index >= 15 is 0 Å². The van der Waals surface area contributed by atoms with Crippen LogP contribution in [0.15, 0.2) is 65.8 Å². The number of benzene rings is 3. The number of thioether (sulfide) groups is 1.